The number of carbonyl (C=O) groups excluding carboxylic acids is 3. The number of rotatable bonds is 6. The molecule has 0 radical (unpaired) electrons. The van der Waals surface area contributed by atoms with E-state index in [9.17, 15) is 14.4 Å². The first-order chi connectivity index (χ1) is 13.7. The lowest BCUT2D eigenvalue weighted by Crippen LogP contribution is -2.49. The largest absolute Gasteiger partial charge is 0.496 e. The maximum atomic E-state index is 12.6. The molecule has 1 saturated heterocycles. The van der Waals surface area contributed by atoms with E-state index in [4.69, 9.17) is 9.47 Å². The third-order valence-electron chi connectivity index (χ3n) is 4.54. The second-order valence-corrected chi connectivity index (χ2v) is 8.07. The summed E-state index contributed by atoms with van der Waals surface area (Å²) in [5, 5.41) is 5.34. The average molecular weight is 405 g/mol. The zero-order chi connectivity index (χ0) is 21.4. The molecular weight excluding hydrogens is 374 g/mol. The second kappa shape index (κ2) is 10.1. The van der Waals surface area contributed by atoms with Gasteiger partial charge >= 0.3 is 6.09 Å². The van der Waals surface area contributed by atoms with Gasteiger partial charge in [0.2, 0.25) is 11.8 Å². The van der Waals surface area contributed by atoms with E-state index < -0.39 is 11.7 Å². The molecule has 1 fully saturated rings. The van der Waals surface area contributed by atoms with Crippen LogP contribution in [0.5, 0.6) is 5.75 Å². The van der Waals surface area contributed by atoms with Crippen LogP contribution in [0.4, 0.5) is 4.79 Å². The molecule has 0 atom stereocenters. The Kier molecular flexibility index (Phi) is 7.87. The van der Waals surface area contributed by atoms with Crippen LogP contribution in [0, 0.1) is 0 Å². The average Bonchev–Trinajstić information content (AvgIpc) is 2.66. The number of amides is 3. The van der Waals surface area contributed by atoms with Crippen LogP contribution in [0.3, 0.4) is 0 Å². The van der Waals surface area contributed by atoms with Gasteiger partial charge in [-0.3, -0.25) is 9.59 Å². The lowest BCUT2D eigenvalue weighted by molar-refractivity contribution is -0.131. The Labute approximate surface area is 171 Å². The van der Waals surface area contributed by atoms with Gasteiger partial charge < -0.3 is 25.0 Å². The van der Waals surface area contributed by atoms with Crippen molar-refractivity contribution < 1.29 is 23.9 Å². The number of piperidine rings is 1. The van der Waals surface area contributed by atoms with Gasteiger partial charge in [-0.05, 0) is 39.7 Å². The minimum absolute atomic E-state index is 0.0155. The Morgan fingerprint density at radius 1 is 1.14 bits per heavy atom. The molecular formula is C21H31N3O5. The predicted octanol–water partition coefficient (Wildman–Crippen LogP) is 1.87. The minimum atomic E-state index is -0.621. The SMILES string of the molecule is COc1ccccc1CC(=O)N1CCC(NC(=O)CNC(=O)OC(C)(C)C)CC1. The summed E-state index contributed by atoms with van der Waals surface area (Å²) >= 11 is 0. The standard InChI is InChI=1S/C21H31N3O5/c1-21(2,3)29-20(27)22-14-18(25)23-16-9-11-24(12-10-16)19(26)13-15-7-5-6-8-17(15)28-4/h5-8,16H,9-14H2,1-4H3,(H,22,27)(H,23,25). The fourth-order valence-electron chi connectivity index (χ4n) is 3.14. The number of alkyl carbamates (subject to hydrolysis) is 1. The van der Waals surface area contributed by atoms with Gasteiger partial charge in [0, 0.05) is 24.7 Å². The quantitative estimate of drug-likeness (QED) is 0.753. The van der Waals surface area contributed by atoms with Crippen LogP contribution in [0.25, 0.3) is 0 Å². The van der Waals surface area contributed by atoms with Gasteiger partial charge in [0.25, 0.3) is 0 Å². The van der Waals surface area contributed by atoms with E-state index in [-0.39, 0.29) is 24.4 Å². The van der Waals surface area contributed by atoms with Crippen LogP contribution in [-0.4, -0.2) is 61.2 Å². The Balaban J connectivity index is 1.72. The molecule has 8 nitrogen and oxygen atoms in total. The molecule has 1 aliphatic rings. The number of ether oxygens (including phenoxy) is 2. The fourth-order valence-corrected chi connectivity index (χ4v) is 3.14. The third kappa shape index (κ3) is 7.63. The van der Waals surface area contributed by atoms with Crippen molar-refractivity contribution >= 4 is 17.9 Å². The number of benzene rings is 1. The highest BCUT2D eigenvalue weighted by atomic mass is 16.6. The van der Waals surface area contributed by atoms with Crippen molar-refractivity contribution in [3.63, 3.8) is 0 Å². The van der Waals surface area contributed by atoms with Crippen LogP contribution in [0.1, 0.15) is 39.2 Å². The molecule has 0 aliphatic carbocycles. The van der Waals surface area contributed by atoms with Crippen LogP contribution in [0.15, 0.2) is 24.3 Å². The molecule has 8 heteroatoms. The van der Waals surface area contributed by atoms with E-state index in [1.165, 1.54) is 0 Å². The van der Waals surface area contributed by atoms with Crippen molar-refractivity contribution in [2.75, 3.05) is 26.7 Å². The highest BCUT2D eigenvalue weighted by molar-refractivity contribution is 5.82. The maximum Gasteiger partial charge on any atom is 0.408 e. The first-order valence-electron chi connectivity index (χ1n) is 9.84. The minimum Gasteiger partial charge on any atom is -0.496 e. The zero-order valence-electron chi connectivity index (χ0n) is 17.6. The molecule has 0 spiro atoms. The highest BCUT2D eigenvalue weighted by Gasteiger charge is 2.25. The van der Waals surface area contributed by atoms with Crippen LogP contribution in [-0.2, 0) is 20.7 Å². The molecule has 1 aromatic rings. The summed E-state index contributed by atoms with van der Waals surface area (Å²) < 4.78 is 10.4. The molecule has 0 bridgehead atoms. The van der Waals surface area contributed by atoms with E-state index in [0.717, 1.165) is 5.56 Å². The molecule has 1 aromatic carbocycles. The van der Waals surface area contributed by atoms with Crippen molar-refractivity contribution in [2.45, 2.75) is 51.7 Å². The summed E-state index contributed by atoms with van der Waals surface area (Å²) in [4.78, 5) is 38.0. The summed E-state index contributed by atoms with van der Waals surface area (Å²) in [5.74, 6) is 0.487. The lowest BCUT2D eigenvalue weighted by Gasteiger charge is -2.32. The van der Waals surface area contributed by atoms with Crippen LogP contribution in [0.2, 0.25) is 0 Å². The normalized spacial score (nSPS) is 14.8. The van der Waals surface area contributed by atoms with E-state index in [2.05, 4.69) is 10.6 Å². The number of methoxy groups -OCH3 is 1. The Morgan fingerprint density at radius 3 is 2.41 bits per heavy atom. The summed E-state index contributed by atoms with van der Waals surface area (Å²) in [6.07, 6.45) is 1.02. The first-order valence-corrected chi connectivity index (χ1v) is 9.84. The number of nitrogens with one attached hydrogen (secondary N) is 2. The number of nitrogens with zero attached hydrogens (tertiary/aromatic N) is 1. The topological polar surface area (TPSA) is 97.0 Å². The number of hydrogen-bond donors (Lipinski definition) is 2. The third-order valence-corrected chi connectivity index (χ3v) is 4.54. The molecule has 160 valence electrons. The maximum absolute atomic E-state index is 12.6. The van der Waals surface area contributed by atoms with Crippen molar-refractivity contribution in [2.24, 2.45) is 0 Å². The Bertz CT molecular complexity index is 721. The van der Waals surface area contributed by atoms with Gasteiger partial charge in [-0.25, -0.2) is 4.79 Å². The predicted molar refractivity (Wildman–Crippen MR) is 109 cm³/mol. The number of carbonyl (C=O) groups is 3. The number of hydrogen-bond acceptors (Lipinski definition) is 5. The molecule has 2 rings (SSSR count). The van der Waals surface area contributed by atoms with Gasteiger partial charge in [0.15, 0.2) is 0 Å². The first kappa shape index (κ1) is 22.5. The molecule has 1 aliphatic heterocycles. The number of para-hydroxylation sites is 1. The van der Waals surface area contributed by atoms with Gasteiger partial charge in [-0.2, -0.15) is 0 Å². The van der Waals surface area contributed by atoms with Crippen LogP contribution >= 0.6 is 0 Å². The van der Waals surface area contributed by atoms with Crippen molar-refractivity contribution in [1.29, 1.82) is 0 Å². The van der Waals surface area contributed by atoms with Gasteiger partial charge in [-0.15, -0.1) is 0 Å². The van der Waals surface area contributed by atoms with Gasteiger partial charge in [0.05, 0.1) is 13.5 Å². The fraction of sp³-hybridized carbons (Fsp3) is 0.571. The summed E-state index contributed by atoms with van der Waals surface area (Å²) in [5.41, 5.74) is 0.257. The lowest BCUT2D eigenvalue weighted by atomic mass is 10.0. The summed E-state index contributed by atoms with van der Waals surface area (Å²) in [6, 6.07) is 7.48. The van der Waals surface area contributed by atoms with E-state index in [1.54, 1.807) is 27.9 Å². The molecule has 0 unspecified atom stereocenters. The van der Waals surface area contributed by atoms with Gasteiger partial charge in [0.1, 0.15) is 17.9 Å². The van der Waals surface area contributed by atoms with E-state index >= 15 is 0 Å². The van der Waals surface area contributed by atoms with E-state index in [1.807, 2.05) is 29.2 Å². The summed E-state index contributed by atoms with van der Waals surface area (Å²) in [6.45, 7) is 6.31. The number of likely N-dealkylation sites (tertiary alicyclic amines) is 1. The van der Waals surface area contributed by atoms with Crippen molar-refractivity contribution in [1.82, 2.24) is 15.5 Å². The van der Waals surface area contributed by atoms with E-state index in [0.29, 0.717) is 38.1 Å². The van der Waals surface area contributed by atoms with Crippen LogP contribution < -0.4 is 15.4 Å². The monoisotopic (exact) mass is 405 g/mol. The zero-order valence-corrected chi connectivity index (χ0v) is 17.6. The Hall–Kier alpha value is -2.77. The molecule has 0 saturated carbocycles. The summed E-state index contributed by atoms with van der Waals surface area (Å²) in [7, 11) is 1.59. The van der Waals surface area contributed by atoms with Crippen molar-refractivity contribution in [3.8, 4) is 5.75 Å². The Morgan fingerprint density at radius 2 is 1.79 bits per heavy atom. The molecule has 29 heavy (non-hydrogen) atoms. The molecule has 3 amide bonds. The highest BCUT2D eigenvalue weighted by Crippen LogP contribution is 2.20. The molecule has 0 aromatic heterocycles. The molecule has 2 N–H and O–H groups in total. The smallest absolute Gasteiger partial charge is 0.408 e. The van der Waals surface area contributed by atoms with Gasteiger partial charge in [-0.1, -0.05) is 18.2 Å². The second-order valence-electron chi connectivity index (χ2n) is 8.07. The van der Waals surface area contributed by atoms with Crippen molar-refractivity contribution in [3.05, 3.63) is 29.8 Å². The molecule has 1 heterocycles.